The lowest BCUT2D eigenvalue weighted by molar-refractivity contribution is 1.12. The quantitative estimate of drug-likeness (QED) is 0.674. The molecule has 0 saturated heterocycles. The van der Waals surface area contributed by atoms with Crippen molar-refractivity contribution in [2.75, 3.05) is 11.9 Å². The van der Waals surface area contributed by atoms with Gasteiger partial charge in [0.1, 0.15) is 0 Å². The van der Waals surface area contributed by atoms with E-state index in [-0.39, 0.29) is 0 Å². The van der Waals surface area contributed by atoms with Crippen molar-refractivity contribution in [3.63, 3.8) is 0 Å². The summed E-state index contributed by atoms with van der Waals surface area (Å²) in [5, 5.41) is 0. The molecule has 0 aromatic heterocycles. The normalized spacial score (nSPS) is 12.1. The maximum atomic E-state index is 3.88. The van der Waals surface area contributed by atoms with E-state index in [4.69, 9.17) is 0 Å². The fourth-order valence-electron chi connectivity index (χ4n) is 1.68. The standard InChI is InChI=1S/C16H19N/c1-5-11-14(6-2)16(7-3)17(4)15-12-9-8-10-13-15/h5-13H,2-3H2,1,4H3/b11-5-,16-14-. The first-order valence-corrected chi connectivity index (χ1v) is 5.65. The van der Waals surface area contributed by atoms with E-state index in [1.807, 2.05) is 56.5 Å². The molecule has 88 valence electrons. The molecule has 0 atom stereocenters. The lowest BCUT2D eigenvalue weighted by Gasteiger charge is -2.22. The molecule has 0 bridgehead atoms. The highest BCUT2D eigenvalue weighted by Crippen LogP contribution is 2.20. The first-order chi connectivity index (χ1) is 8.24. The molecule has 0 spiro atoms. The van der Waals surface area contributed by atoms with Crippen LogP contribution in [0.1, 0.15) is 6.92 Å². The van der Waals surface area contributed by atoms with Crippen molar-refractivity contribution < 1.29 is 0 Å². The molecule has 1 rings (SSSR count). The highest BCUT2D eigenvalue weighted by molar-refractivity contribution is 5.57. The van der Waals surface area contributed by atoms with Gasteiger partial charge in [0.05, 0.1) is 0 Å². The topological polar surface area (TPSA) is 3.24 Å². The molecule has 1 aromatic rings. The Hall–Kier alpha value is -2.02. The van der Waals surface area contributed by atoms with Gasteiger partial charge in [0.25, 0.3) is 0 Å². The maximum Gasteiger partial charge on any atom is 0.0475 e. The zero-order chi connectivity index (χ0) is 12.7. The zero-order valence-corrected chi connectivity index (χ0v) is 10.6. The van der Waals surface area contributed by atoms with E-state index in [1.165, 1.54) is 0 Å². The van der Waals surface area contributed by atoms with Gasteiger partial charge in [-0.25, -0.2) is 0 Å². The van der Waals surface area contributed by atoms with Gasteiger partial charge in [-0.2, -0.15) is 0 Å². The average Bonchev–Trinajstić information content (AvgIpc) is 2.39. The van der Waals surface area contributed by atoms with Gasteiger partial charge in [0.15, 0.2) is 0 Å². The third kappa shape index (κ3) is 3.22. The van der Waals surface area contributed by atoms with E-state index in [1.54, 1.807) is 0 Å². The second-order valence-corrected chi connectivity index (χ2v) is 3.64. The molecule has 0 saturated carbocycles. The Morgan fingerprint density at radius 3 is 2.24 bits per heavy atom. The molecule has 0 unspecified atom stereocenters. The lowest BCUT2D eigenvalue weighted by Crippen LogP contribution is -2.16. The molecule has 0 heterocycles. The molecule has 1 heteroatoms. The monoisotopic (exact) mass is 225 g/mol. The Morgan fingerprint density at radius 2 is 1.76 bits per heavy atom. The smallest absolute Gasteiger partial charge is 0.0475 e. The summed E-state index contributed by atoms with van der Waals surface area (Å²) in [6, 6.07) is 10.2. The number of hydrogen-bond acceptors (Lipinski definition) is 1. The van der Waals surface area contributed by atoms with Crippen molar-refractivity contribution in [2.24, 2.45) is 0 Å². The SMILES string of the molecule is C=CC(/C=C\C)=C(\C=C)N(C)c1ccccc1. The van der Waals surface area contributed by atoms with Crippen molar-refractivity contribution in [2.45, 2.75) is 6.92 Å². The number of likely N-dealkylation sites (N-methyl/N-ethyl adjacent to an activating group) is 1. The van der Waals surface area contributed by atoms with Gasteiger partial charge in [-0.05, 0) is 30.7 Å². The van der Waals surface area contributed by atoms with Crippen LogP contribution in [0, 0.1) is 0 Å². The molecule has 1 nitrogen and oxygen atoms in total. The third-order valence-electron chi connectivity index (χ3n) is 2.56. The summed E-state index contributed by atoms with van der Waals surface area (Å²) in [5.41, 5.74) is 3.24. The van der Waals surface area contributed by atoms with E-state index in [2.05, 4.69) is 30.2 Å². The van der Waals surface area contributed by atoms with Crippen LogP contribution in [0.2, 0.25) is 0 Å². The summed E-state index contributed by atoms with van der Waals surface area (Å²) in [6.45, 7) is 9.71. The fraction of sp³-hybridized carbons (Fsp3) is 0.125. The fourth-order valence-corrected chi connectivity index (χ4v) is 1.68. The van der Waals surface area contributed by atoms with E-state index < -0.39 is 0 Å². The Balaban J connectivity index is 3.19. The van der Waals surface area contributed by atoms with E-state index >= 15 is 0 Å². The average molecular weight is 225 g/mol. The summed E-state index contributed by atoms with van der Waals surface area (Å²) >= 11 is 0. The van der Waals surface area contributed by atoms with Crippen LogP contribution >= 0.6 is 0 Å². The summed E-state index contributed by atoms with van der Waals surface area (Å²) in [4.78, 5) is 2.10. The first kappa shape index (κ1) is 13.0. The second-order valence-electron chi connectivity index (χ2n) is 3.64. The van der Waals surface area contributed by atoms with Crippen LogP contribution in [0.4, 0.5) is 5.69 Å². The van der Waals surface area contributed by atoms with Crippen LogP contribution in [0.3, 0.4) is 0 Å². The highest BCUT2D eigenvalue weighted by Gasteiger charge is 2.06. The first-order valence-electron chi connectivity index (χ1n) is 5.65. The molecule has 0 aliphatic rings. The van der Waals surface area contributed by atoms with Gasteiger partial charge in [0, 0.05) is 18.4 Å². The number of nitrogens with zero attached hydrogens (tertiary/aromatic N) is 1. The molecular weight excluding hydrogens is 206 g/mol. The Bertz CT molecular complexity index is 438. The van der Waals surface area contributed by atoms with Gasteiger partial charge in [0.2, 0.25) is 0 Å². The van der Waals surface area contributed by atoms with E-state index in [0.717, 1.165) is 17.0 Å². The molecule has 0 radical (unpaired) electrons. The number of anilines is 1. The largest absolute Gasteiger partial charge is 0.344 e. The van der Waals surface area contributed by atoms with Crippen LogP contribution < -0.4 is 4.90 Å². The van der Waals surface area contributed by atoms with Crippen LogP contribution in [-0.4, -0.2) is 7.05 Å². The zero-order valence-electron chi connectivity index (χ0n) is 10.6. The molecule has 1 aromatic carbocycles. The molecular formula is C16H19N. The van der Waals surface area contributed by atoms with E-state index in [0.29, 0.717) is 0 Å². The number of allylic oxidation sites excluding steroid dienone is 5. The van der Waals surface area contributed by atoms with Gasteiger partial charge >= 0.3 is 0 Å². The molecule has 0 aliphatic carbocycles. The Labute approximate surface area is 104 Å². The van der Waals surface area contributed by atoms with Gasteiger partial charge < -0.3 is 4.90 Å². The second kappa shape index (κ2) is 6.54. The summed E-state index contributed by atoms with van der Waals surface area (Å²) in [5.74, 6) is 0. The molecule has 0 N–H and O–H groups in total. The Kier molecular flexibility index (Phi) is 5.02. The lowest BCUT2D eigenvalue weighted by atomic mass is 10.1. The maximum absolute atomic E-state index is 3.88. The van der Waals surface area contributed by atoms with Crippen molar-refractivity contribution in [3.05, 3.63) is 79.1 Å². The predicted octanol–water partition coefficient (Wildman–Crippen LogP) is 4.33. The minimum absolute atomic E-state index is 1.05. The van der Waals surface area contributed by atoms with Crippen molar-refractivity contribution in [1.82, 2.24) is 0 Å². The van der Waals surface area contributed by atoms with E-state index in [9.17, 15) is 0 Å². The summed E-state index contributed by atoms with van der Waals surface area (Å²) in [7, 11) is 2.03. The van der Waals surface area contributed by atoms with Gasteiger partial charge in [-0.1, -0.05) is 49.6 Å². The number of hydrogen-bond donors (Lipinski definition) is 0. The van der Waals surface area contributed by atoms with Crippen molar-refractivity contribution >= 4 is 5.69 Å². The van der Waals surface area contributed by atoms with Crippen LogP contribution in [0.15, 0.2) is 79.1 Å². The van der Waals surface area contributed by atoms with Crippen LogP contribution in [0.25, 0.3) is 0 Å². The van der Waals surface area contributed by atoms with Gasteiger partial charge in [-0.15, -0.1) is 0 Å². The number of para-hydroxylation sites is 1. The Morgan fingerprint density at radius 1 is 1.12 bits per heavy atom. The molecule has 0 amide bonds. The minimum Gasteiger partial charge on any atom is -0.344 e. The van der Waals surface area contributed by atoms with Crippen molar-refractivity contribution in [1.29, 1.82) is 0 Å². The summed E-state index contributed by atoms with van der Waals surface area (Å²) < 4.78 is 0. The van der Waals surface area contributed by atoms with Crippen LogP contribution in [0.5, 0.6) is 0 Å². The highest BCUT2D eigenvalue weighted by atomic mass is 15.1. The molecule has 0 fully saturated rings. The van der Waals surface area contributed by atoms with Crippen molar-refractivity contribution in [3.8, 4) is 0 Å². The molecule has 0 aliphatic heterocycles. The van der Waals surface area contributed by atoms with Crippen LogP contribution in [-0.2, 0) is 0 Å². The minimum atomic E-state index is 1.05. The number of benzene rings is 1. The summed E-state index contributed by atoms with van der Waals surface area (Å²) in [6.07, 6.45) is 7.73. The number of rotatable bonds is 5. The predicted molar refractivity (Wildman–Crippen MR) is 77.1 cm³/mol. The molecule has 17 heavy (non-hydrogen) atoms. The van der Waals surface area contributed by atoms with Gasteiger partial charge in [-0.3, -0.25) is 0 Å². The third-order valence-corrected chi connectivity index (χ3v) is 2.56.